The Morgan fingerprint density at radius 3 is 2.92 bits per heavy atom. The fourth-order valence-corrected chi connectivity index (χ4v) is 1.29. The van der Waals surface area contributed by atoms with Crippen molar-refractivity contribution in [2.75, 3.05) is 0 Å². The van der Waals surface area contributed by atoms with Crippen LogP contribution in [0.2, 0.25) is 0 Å². The summed E-state index contributed by atoms with van der Waals surface area (Å²) < 4.78 is 1.85. The number of aryl methyl sites for hydroxylation is 1. The summed E-state index contributed by atoms with van der Waals surface area (Å²) in [6.45, 7) is 3.43. The lowest BCUT2D eigenvalue weighted by Gasteiger charge is -1.98. The molecular weight excluding hydrogens is 166 g/mol. The van der Waals surface area contributed by atoms with Crippen LogP contribution in [0, 0.1) is 6.92 Å². The van der Waals surface area contributed by atoms with E-state index in [-0.39, 0.29) is 5.78 Å². The van der Waals surface area contributed by atoms with Gasteiger partial charge in [0.25, 0.3) is 0 Å². The summed E-state index contributed by atoms with van der Waals surface area (Å²) in [5.74, 6) is -0.0591. The molecule has 0 spiro atoms. The van der Waals surface area contributed by atoms with E-state index in [9.17, 15) is 4.79 Å². The minimum Gasteiger partial charge on any atom is -0.301 e. The monoisotopic (exact) mass is 175 g/mol. The zero-order valence-corrected chi connectivity index (χ0v) is 7.48. The number of carbonyl (C=O) groups is 1. The largest absolute Gasteiger partial charge is 0.301 e. The van der Waals surface area contributed by atoms with Crippen LogP contribution in [0.25, 0.3) is 5.65 Å². The lowest BCUT2D eigenvalue weighted by Crippen LogP contribution is -2.01. The molecule has 4 nitrogen and oxygen atoms in total. The van der Waals surface area contributed by atoms with Crippen molar-refractivity contribution in [3.8, 4) is 0 Å². The number of fused-ring (bicyclic) bond motifs is 1. The first-order valence-corrected chi connectivity index (χ1v) is 4.00. The molecule has 0 atom stereocenters. The van der Waals surface area contributed by atoms with Crippen LogP contribution in [0.15, 0.2) is 18.6 Å². The predicted molar refractivity (Wildman–Crippen MR) is 47.7 cm³/mol. The minimum absolute atomic E-state index is 0.0591. The number of hydrogen-bond acceptors (Lipinski definition) is 3. The standard InChI is InChI=1S/C9H9N3O/c1-6-5-11-9-8(7(2)13)10-3-4-12(6)9/h3-5H,1-2H3. The van der Waals surface area contributed by atoms with E-state index in [1.54, 1.807) is 18.6 Å². The van der Waals surface area contributed by atoms with Crippen molar-refractivity contribution in [3.05, 3.63) is 30.0 Å². The molecule has 2 aromatic heterocycles. The van der Waals surface area contributed by atoms with Crippen molar-refractivity contribution in [1.29, 1.82) is 0 Å². The number of ketones is 1. The maximum Gasteiger partial charge on any atom is 0.181 e. The smallest absolute Gasteiger partial charge is 0.181 e. The second-order valence-corrected chi connectivity index (χ2v) is 2.93. The summed E-state index contributed by atoms with van der Waals surface area (Å²) in [4.78, 5) is 19.3. The van der Waals surface area contributed by atoms with Gasteiger partial charge in [0.05, 0.1) is 0 Å². The van der Waals surface area contributed by atoms with Crippen molar-refractivity contribution in [3.63, 3.8) is 0 Å². The van der Waals surface area contributed by atoms with Crippen LogP contribution >= 0.6 is 0 Å². The first kappa shape index (κ1) is 7.91. The van der Waals surface area contributed by atoms with Gasteiger partial charge in [-0.1, -0.05) is 0 Å². The van der Waals surface area contributed by atoms with Crippen molar-refractivity contribution < 1.29 is 4.79 Å². The maximum absolute atomic E-state index is 11.2. The topological polar surface area (TPSA) is 47.3 Å². The zero-order chi connectivity index (χ0) is 9.42. The van der Waals surface area contributed by atoms with Gasteiger partial charge in [-0.05, 0) is 6.92 Å². The van der Waals surface area contributed by atoms with E-state index in [0.29, 0.717) is 11.3 Å². The predicted octanol–water partition coefficient (Wildman–Crippen LogP) is 1.24. The third kappa shape index (κ3) is 1.11. The molecule has 2 heterocycles. The van der Waals surface area contributed by atoms with E-state index in [4.69, 9.17) is 0 Å². The zero-order valence-electron chi connectivity index (χ0n) is 7.48. The van der Waals surface area contributed by atoms with E-state index >= 15 is 0 Å². The van der Waals surface area contributed by atoms with Crippen LogP contribution in [0.4, 0.5) is 0 Å². The third-order valence-corrected chi connectivity index (χ3v) is 1.95. The number of hydrogen-bond donors (Lipinski definition) is 0. The van der Waals surface area contributed by atoms with Crippen molar-refractivity contribution in [2.24, 2.45) is 0 Å². The molecule has 0 bridgehead atoms. The molecule has 4 heteroatoms. The van der Waals surface area contributed by atoms with E-state index in [0.717, 1.165) is 5.69 Å². The number of imidazole rings is 1. The lowest BCUT2D eigenvalue weighted by atomic mass is 10.3. The van der Waals surface area contributed by atoms with Gasteiger partial charge < -0.3 is 4.40 Å². The average Bonchev–Trinajstić information content (AvgIpc) is 2.48. The number of Topliss-reactive ketones (excluding diaryl/α,β-unsaturated/α-hetero) is 1. The number of nitrogens with zero attached hydrogens (tertiary/aromatic N) is 3. The van der Waals surface area contributed by atoms with Gasteiger partial charge in [-0.2, -0.15) is 0 Å². The van der Waals surface area contributed by atoms with Gasteiger partial charge in [-0.15, -0.1) is 0 Å². The Bertz CT molecular complexity index is 473. The number of carbonyl (C=O) groups excluding carboxylic acids is 1. The van der Waals surface area contributed by atoms with Crippen molar-refractivity contribution in [2.45, 2.75) is 13.8 Å². The van der Waals surface area contributed by atoms with Gasteiger partial charge in [0.15, 0.2) is 11.4 Å². The molecule has 0 unspecified atom stereocenters. The molecule has 0 saturated heterocycles. The maximum atomic E-state index is 11.2. The van der Waals surface area contributed by atoms with Gasteiger partial charge in [0, 0.05) is 31.2 Å². The SMILES string of the molecule is CC(=O)c1nccn2c(C)cnc12. The number of aromatic nitrogens is 3. The Kier molecular flexibility index (Phi) is 1.62. The molecule has 0 aromatic carbocycles. The summed E-state index contributed by atoms with van der Waals surface area (Å²) in [5.41, 5.74) is 2.06. The lowest BCUT2D eigenvalue weighted by molar-refractivity contribution is 0.101. The normalized spacial score (nSPS) is 10.6. The molecule has 2 aromatic rings. The summed E-state index contributed by atoms with van der Waals surface area (Å²) >= 11 is 0. The molecule has 0 radical (unpaired) electrons. The van der Waals surface area contributed by atoms with E-state index in [1.807, 2.05) is 11.3 Å². The second kappa shape index (κ2) is 2.65. The highest BCUT2D eigenvalue weighted by atomic mass is 16.1. The van der Waals surface area contributed by atoms with E-state index < -0.39 is 0 Å². The van der Waals surface area contributed by atoms with Crippen LogP contribution in [0.5, 0.6) is 0 Å². The molecule has 13 heavy (non-hydrogen) atoms. The van der Waals surface area contributed by atoms with Crippen LogP contribution in [0.1, 0.15) is 23.1 Å². The van der Waals surface area contributed by atoms with Crippen molar-refractivity contribution in [1.82, 2.24) is 14.4 Å². The molecule has 0 aliphatic rings. The average molecular weight is 175 g/mol. The molecule has 0 amide bonds. The summed E-state index contributed by atoms with van der Waals surface area (Å²) in [5, 5.41) is 0. The molecule has 0 saturated carbocycles. The summed E-state index contributed by atoms with van der Waals surface area (Å²) in [7, 11) is 0. The van der Waals surface area contributed by atoms with Crippen LogP contribution < -0.4 is 0 Å². The summed E-state index contributed by atoms with van der Waals surface area (Å²) in [6, 6.07) is 0. The molecule has 0 N–H and O–H groups in total. The second-order valence-electron chi connectivity index (χ2n) is 2.93. The fraction of sp³-hybridized carbons (Fsp3) is 0.222. The molecule has 0 aliphatic carbocycles. The molecule has 0 fully saturated rings. The molecular formula is C9H9N3O. The first-order valence-electron chi connectivity index (χ1n) is 4.00. The third-order valence-electron chi connectivity index (χ3n) is 1.95. The Morgan fingerprint density at radius 1 is 1.46 bits per heavy atom. The van der Waals surface area contributed by atoms with Crippen LogP contribution in [0.3, 0.4) is 0 Å². The highest BCUT2D eigenvalue weighted by molar-refractivity contribution is 5.97. The summed E-state index contributed by atoms with van der Waals surface area (Å²) in [6.07, 6.45) is 5.13. The van der Waals surface area contributed by atoms with Crippen LogP contribution in [-0.4, -0.2) is 20.2 Å². The molecule has 2 rings (SSSR count). The highest BCUT2D eigenvalue weighted by Crippen LogP contribution is 2.08. The van der Waals surface area contributed by atoms with Crippen molar-refractivity contribution >= 4 is 11.4 Å². The van der Waals surface area contributed by atoms with Gasteiger partial charge in [0.1, 0.15) is 5.69 Å². The van der Waals surface area contributed by atoms with Gasteiger partial charge in [0.2, 0.25) is 0 Å². The molecule has 0 aliphatic heterocycles. The van der Waals surface area contributed by atoms with Gasteiger partial charge in [-0.3, -0.25) is 4.79 Å². The fourth-order valence-electron chi connectivity index (χ4n) is 1.29. The van der Waals surface area contributed by atoms with Gasteiger partial charge >= 0.3 is 0 Å². The van der Waals surface area contributed by atoms with Gasteiger partial charge in [-0.25, -0.2) is 9.97 Å². The van der Waals surface area contributed by atoms with E-state index in [2.05, 4.69) is 9.97 Å². The van der Waals surface area contributed by atoms with Crippen LogP contribution in [-0.2, 0) is 0 Å². The Balaban J connectivity index is 2.84. The quantitative estimate of drug-likeness (QED) is 0.612. The number of rotatable bonds is 1. The highest BCUT2D eigenvalue weighted by Gasteiger charge is 2.09. The molecule has 66 valence electrons. The minimum atomic E-state index is -0.0591. The first-order chi connectivity index (χ1) is 6.20. The Hall–Kier alpha value is -1.71. The van der Waals surface area contributed by atoms with E-state index in [1.165, 1.54) is 6.92 Å². The Morgan fingerprint density at radius 2 is 2.23 bits per heavy atom. The Labute approximate surface area is 75.2 Å².